The van der Waals surface area contributed by atoms with Gasteiger partial charge in [-0.15, -0.1) is 0 Å². The third-order valence-corrected chi connectivity index (χ3v) is 4.61. The first-order chi connectivity index (χ1) is 10.1. The number of amides is 1. The van der Waals surface area contributed by atoms with Crippen LogP contribution in [0, 0.1) is 3.57 Å². The average Bonchev–Trinajstić information content (AvgIpc) is 2.59. The van der Waals surface area contributed by atoms with Crippen molar-refractivity contribution in [1.29, 1.82) is 0 Å². The fraction of sp³-hybridized carbons (Fsp3) is 0.235. The molecule has 1 aliphatic rings. The average molecular weight is 412 g/mol. The van der Waals surface area contributed by atoms with Gasteiger partial charge in [-0.3, -0.25) is 4.79 Å². The highest BCUT2D eigenvalue weighted by atomic mass is 127. The Morgan fingerprint density at radius 1 is 1.14 bits per heavy atom. The van der Waals surface area contributed by atoms with Crippen LogP contribution in [-0.2, 0) is 17.8 Å². The van der Waals surface area contributed by atoms with Crippen LogP contribution in [0.1, 0.15) is 24.0 Å². The van der Waals surface area contributed by atoms with E-state index in [1.807, 2.05) is 29.2 Å². The van der Waals surface area contributed by atoms with Crippen LogP contribution in [0.3, 0.4) is 0 Å². The number of anilines is 1. The lowest BCUT2D eigenvalue weighted by Crippen LogP contribution is -2.29. The number of hydrogen-bond donors (Lipinski definition) is 0. The molecule has 2 aromatic rings. The number of carbonyl (C=O) groups is 1. The van der Waals surface area contributed by atoms with E-state index in [-0.39, 0.29) is 5.91 Å². The quantitative estimate of drug-likeness (QED) is 0.649. The zero-order chi connectivity index (χ0) is 14.8. The second kappa shape index (κ2) is 6.36. The van der Waals surface area contributed by atoms with Gasteiger partial charge in [0.25, 0.3) is 0 Å². The van der Waals surface area contributed by atoms with Gasteiger partial charge in [-0.25, -0.2) is 0 Å². The van der Waals surface area contributed by atoms with Gasteiger partial charge in [0.05, 0.1) is 6.54 Å². The summed E-state index contributed by atoms with van der Waals surface area (Å²) in [5.41, 5.74) is 3.36. The Morgan fingerprint density at radius 3 is 2.81 bits per heavy atom. The van der Waals surface area contributed by atoms with E-state index in [0.717, 1.165) is 24.1 Å². The summed E-state index contributed by atoms with van der Waals surface area (Å²) in [7, 11) is 0. The smallest absolute Gasteiger partial charge is 0.227 e. The van der Waals surface area contributed by atoms with E-state index < -0.39 is 0 Å². The number of aryl methyl sites for hydroxylation is 1. The van der Waals surface area contributed by atoms with Crippen molar-refractivity contribution < 1.29 is 4.79 Å². The Morgan fingerprint density at radius 2 is 2.00 bits per heavy atom. The van der Waals surface area contributed by atoms with Crippen LogP contribution in [0.4, 0.5) is 5.69 Å². The number of benzene rings is 2. The van der Waals surface area contributed by atoms with Gasteiger partial charge in [-0.05, 0) is 76.9 Å². The Hall–Kier alpha value is -1.07. The van der Waals surface area contributed by atoms with Gasteiger partial charge in [0, 0.05) is 20.7 Å². The second-order valence-electron chi connectivity index (χ2n) is 5.24. The molecule has 1 amide bonds. The third-order valence-electron chi connectivity index (χ3n) is 3.70. The fourth-order valence-corrected chi connectivity index (χ4v) is 3.48. The maximum atomic E-state index is 12.4. The van der Waals surface area contributed by atoms with Crippen molar-refractivity contribution in [1.82, 2.24) is 0 Å². The summed E-state index contributed by atoms with van der Waals surface area (Å²) < 4.78 is 1.21. The lowest BCUT2D eigenvalue weighted by molar-refractivity contribution is -0.118. The lowest BCUT2D eigenvalue weighted by atomic mass is 10.1. The highest BCUT2D eigenvalue weighted by molar-refractivity contribution is 14.1. The van der Waals surface area contributed by atoms with Gasteiger partial charge in [-0.2, -0.15) is 0 Å². The minimum Gasteiger partial charge on any atom is -0.308 e. The number of hydrogen-bond acceptors (Lipinski definition) is 1. The van der Waals surface area contributed by atoms with Gasteiger partial charge in [0.2, 0.25) is 5.91 Å². The number of rotatable bonds is 2. The first kappa shape index (κ1) is 14.9. The van der Waals surface area contributed by atoms with Crippen LogP contribution in [0.5, 0.6) is 0 Å². The molecule has 0 aromatic heterocycles. The van der Waals surface area contributed by atoms with Crippen LogP contribution in [0.2, 0.25) is 5.02 Å². The molecule has 2 aromatic carbocycles. The van der Waals surface area contributed by atoms with Crippen LogP contribution < -0.4 is 4.90 Å². The highest BCUT2D eigenvalue weighted by Gasteiger charge is 2.22. The van der Waals surface area contributed by atoms with Crippen molar-refractivity contribution in [3.05, 3.63) is 62.2 Å². The number of halogens is 2. The van der Waals surface area contributed by atoms with E-state index in [9.17, 15) is 4.79 Å². The molecule has 1 aliphatic heterocycles. The Balaban J connectivity index is 1.98. The molecular weight excluding hydrogens is 397 g/mol. The minimum atomic E-state index is 0.190. The van der Waals surface area contributed by atoms with Crippen molar-refractivity contribution in [2.75, 3.05) is 4.90 Å². The van der Waals surface area contributed by atoms with Crippen molar-refractivity contribution in [2.45, 2.75) is 25.8 Å². The Labute approximate surface area is 143 Å². The molecule has 108 valence electrons. The van der Waals surface area contributed by atoms with Crippen molar-refractivity contribution in [3.63, 3.8) is 0 Å². The maximum Gasteiger partial charge on any atom is 0.227 e. The van der Waals surface area contributed by atoms with E-state index in [1.165, 1.54) is 9.13 Å². The Bertz CT molecular complexity index is 686. The molecule has 21 heavy (non-hydrogen) atoms. The number of carbonyl (C=O) groups excluding carboxylic acids is 1. The second-order valence-corrected chi connectivity index (χ2v) is 6.92. The molecule has 0 aliphatic carbocycles. The molecule has 0 radical (unpaired) electrons. The SMILES string of the molecule is O=C1CCCc2cc(I)ccc2N1Cc1cccc(Cl)c1. The van der Waals surface area contributed by atoms with Crippen molar-refractivity contribution in [2.24, 2.45) is 0 Å². The monoisotopic (exact) mass is 411 g/mol. The van der Waals surface area contributed by atoms with E-state index in [0.29, 0.717) is 18.0 Å². The van der Waals surface area contributed by atoms with Gasteiger partial charge >= 0.3 is 0 Å². The van der Waals surface area contributed by atoms with E-state index in [4.69, 9.17) is 11.6 Å². The molecule has 1 heterocycles. The molecule has 0 spiro atoms. The summed E-state index contributed by atoms with van der Waals surface area (Å²) >= 11 is 8.37. The molecule has 2 nitrogen and oxygen atoms in total. The molecule has 0 bridgehead atoms. The normalized spacial score (nSPS) is 14.8. The molecule has 0 fully saturated rings. The predicted molar refractivity (Wildman–Crippen MR) is 94.7 cm³/mol. The zero-order valence-electron chi connectivity index (χ0n) is 11.5. The molecule has 0 atom stereocenters. The Kier molecular flexibility index (Phi) is 4.50. The molecule has 0 saturated carbocycles. The highest BCUT2D eigenvalue weighted by Crippen LogP contribution is 2.30. The largest absolute Gasteiger partial charge is 0.308 e. The molecule has 3 rings (SSSR count). The van der Waals surface area contributed by atoms with Crippen LogP contribution >= 0.6 is 34.2 Å². The molecule has 0 unspecified atom stereocenters. The zero-order valence-corrected chi connectivity index (χ0v) is 14.4. The first-order valence-electron chi connectivity index (χ1n) is 6.97. The van der Waals surface area contributed by atoms with Crippen molar-refractivity contribution in [3.8, 4) is 0 Å². The summed E-state index contributed by atoms with van der Waals surface area (Å²) in [6.07, 6.45) is 2.48. The minimum absolute atomic E-state index is 0.190. The lowest BCUT2D eigenvalue weighted by Gasteiger charge is -2.23. The number of nitrogens with zero attached hydrogens (tertiary/aromatic N) is 1. The van der Waals surface area contributed by atoms with Crippen LogP contribution in [0.25, 0.3) is 0 Å². The van der Waals surface area contributed by atoms with E-state index in [2.05, 4.69) is 40.8 Å². The van der Waals surface area contributed by atoms with Crippen LogP contribution in [0.15, 0.2) is 42.5 Å². The summed E-state index contributed by atoms with van der Waals surface area (Å²) in [6.45, 7) is 0.576. The predicted octanol–water partition coefficient (Wildman–Crippen LogP) is 4.81. The number of fused-ring (bicyclic) bond motifs is 1. The van der Waals surface area contributed by atoms with E-state index in [1.54, 1.807) is 0 Å². The van der Waals surface area contributed by atoms with Crippen molar-refractivity contribution >= 4 is 45.8 Å². The summed E-state index contributed by atoms with van der Waals surface area (Å²) in [4.78, 5) is 14.3. The van der Waals surface area contributed by atoms with Crippen LogP contribution in [-0.4, -0.2) is 5.91 Å². The molecule has 4 heteroatoms. The maximum absolute atomic E-state index is 12.4. The van der Waals surface area contributed by atoms with Gasteiger partial charge in [0.1, 0.15) is 0 Å². The molecule has 0 saturated heterocycles. The van der Waals surface area contributed by atoms with E-state index >= 15 is 0 Å². The molecule has 0 N–H and O–H groups in total. The third kappa shape index (κ3) is 3.40. The summed E-state index contributed by atoms with van der Waals surface area (Å²) in [5, 5.41) is 0.706. The fourth-order valence-electron chi connectivity index (χ4n) is 2.71. The van der Waals surface area contributed by atoms with Gasteiger partial charge in [-0.1, -0.05) is 23.7 Å². The topological polar surface area (TPSA) is 20.3 Å². The molecular formula is C17H15ClINO. The van der Waals surface area contributed by atoms with Gasteiger partial charge < -0.3 is 4.90 Å². The summed E-state index contributed by atoms with van der Waals surface area (Å²) in [5.74, 6) is 0.190. The summed E-state index contributed by atoms with van der Waals surface area (Å²) in [6, 6.07) is 14.0. The van der Waals surface area contributed by atoms with Gasteiger partial charge in [0.15, 0.2) is 0 Å². The first-order valence-corrected chi connectivity index (χ1v) is 8.42. The standard InChI is InChI=1S/C17H15ClINO/c18-14-5-1-3-12(9-14)11-20-16-8-7-15(19)10-13(16)4-2-6-17(20)21/h1,3,5,7-10H,2,4,6,11H2.